The van der Waals surface area contributed by atoms with E-state index >= 15 is 0 Å². The third-order valence-corrected chi connectivity index (χ3v) is 1.69. The highest BCUT2D eigenvalue weighted by molar-refractivity contribution is 5.49. The number of benzene rings is 1. The van der Waals surface area contributed by atoms with Crippen molar-refractivity contribution in [1.82, 2.24) is 0 Å². The Bertz CT molecular complexity index is 263. The lowest BCUT2D eigenvalue weighted by Crippen LogP contribution is -1.94. The number of rotatable bonds is 3. The summed E-state index contributed by atoms with van der Waals surface area (Å²) in [4.78, 5) is 0. The van der Waals surface area contributed by atoms with Crippen molar-refractivity contribution < 1.29 is 0 Å². The van der Waals surface area contributed by atoms with Gasteiger partial charge in [-0.05, 0) is 25.5 Å². The van der Waals surface area contributed by atoms with E-state index in [9.17, 15) is 0 Å². The first kappa shape index (κ1) is 9.01. The first-order valence-electron chi connectivity index (χ1n) is 4.26. The van der Waals surface area contributed by atoms with Crippen LogP contribution in [0.15, 0.2) is 30.3 Å². The topological polar surface area (TPSA) is 26.0 Å². The first-order chi connectivity index (χ1) is 5.83. The minimum Gasteiger partial charge on any atom is -0.330 e. The summed E-state index contributed by atoms with van der Waals surface area (Å²) in [5.74, 6) is 0. The van der Waals surface area contributed by atoms with E-state index in [0.717, 1.165) is 13.0 Å². The summed E-state index contributed by atoms with van der Waals surface area (Å²) in [6, 6.07) is 8.42. The second-order valence-corrected chi connectivity index (χ2v) is 2.89. The first-order valence-corrected chi connectivity index (χ1v) is 4.26. The molecule has 1 rings (SSSR count). The Balaban J connectivity index is 2.63. The molecule has 12 heavy (non-hydrogen) atoms. The van der Waals surface area contributed by atoms with E-state index in [0.29, 0.717) is 0 Å². The van der Waals surface area contributed by atoms with Gasteiger partial charge in [0.15, 0.2) is 0 Å². The zero-order valence-electron chi connectivity index (χ0n) is 7.46. The van der Waals surface area contributed by atoms with Crippen LogP contribution in [0.2, 0.25) is 0 Å². The summed E-state index contributed by atoms with van der Waals surface area (Å²) in [5, 5.41) is 0. The second kappa shape index (κ2) is 4.73. The summed E-state index contributed by atoms with van der Waals surface area (Å²) in [7, 11) is 0. The van der Waals surface area contributed by atoms with Gasteiger partial charge in [0, 0.05) is 0 Å². The van der Waals surface area contributed by atoms with E-state index in [1.165, 1.54) is 11.1 Å². The van der Waals surface area contributed by atoms with Crippen LogP contribution in [0.3, 0.4) is 0 Å². The molecule has 0 amide bonds. The van der Waals surface area contributed by atoms with Crippen LogP contribution in [0.4, 0.5) is 0 Å². The predicted molar refractivity (Wildman–Crippen MR) is 53.9 cm³/mol. The van der Waals surface area contributed by atoms with Crippen LogP contribution < -0.4 is 5.73 Å². The van der Waals surface area contributed by atoms with Crippen molar-refractivity contribution >= 4 is 6.08 Å². The lowest BCUT2D eigenvalue weighted by atomic mass is 10.1. The number of aryl methyl sites for hydroxylation is 1. The van der Waals surface area contributed by atoms with Crippen molar-refractivity contribution in [1.29, 1.82) is 0 Å². The molecule has 0 aliphatic heterocycles. The molecule has 0 heterocycles. The van der Waals surface area contributed by atoms with Crippen molar-refractivity contribution in [2.24, 2.45) is 5.73 Å². The molecular weight excluding hydrogens is 146 g/mol. The minimum atomic E-state index is 0.725. The average molecular weight is 161 g/mol. The van der Waals surface area contributed by atoms with E-state index in [2.05, 4.69) is 43.3 Å². The van der Waals surface area contributed by atoms with Gasteiger partial charge in [-0.25, -0.2) is 0 Å². The SMILES string of the molecule is Cc1cccc(/C=C/CCN)c1. The third kappa shape index (κ3) is 2.89. The molecule has 1 heteroatoms. The zero-order valence-corrected chi connectivity index (χ0v) is 7.46. The number of nitrogens with two attached hydrogens (primary N) is 1. The maximum absolute atomic E-state index is 5.37. The van der Waals surface area contributed by atoms with E-state index in [4.69, 9.17) is 5.73 Å². The van der Waals surface area contributed by atoms with Crippen LogP contribution in [0.25, 0.3) is 6.08 Å². The molecule has 0 saturated heterocycles. The molecule has 0 saturated carbocycles. The highest BCUT2D eigenvalue weighted by Crippen LogP contribution is 2.05. The Morgan fingerprint density at radius 1 is 1.42 bits per heavy atom. The summed E-state index contributed by atoms with van der Waals surface area (Å²) in [5.41, 5.74) is 7.92. The van der Waals surface area contributed by atoms with Crippen LogP contribution >= 0.6 is 0 Å². The fraction of sp³-hybridized carbons (Fsp3) is 0.273. The molecule has 0 unspecified atom stereocenters. The molecule has 1 nitrogen and oxygen atoms in total. The lowest BCUT2D eigenvalue weighted by Gasteiger charge is -1.94. The van der Waals surface area contributed by atoms with E-state index < -0.39 is 0 Å². The predicted octanol–water partition coefficient (Wildman–Crippen LogP) is 2.36. The molecule has 0 spiro atoms. The van der Waals surface area contributed by atoms with Crippen molar-refractivity contribution in [2.45, 2.75) is 13.3 Å². The molecule has 0 aromatic heterocycles. The van der Waals surface area contributed by atoms with Gasteiger partial charge < -0.3 is 5.73 Å². The van der Waals surface area contributed by atoms with Crippen LogP contribution in [0.5, 0.6) is 0 Å². The standard InChI is InChI=1S/C11H15N/c1-10-5-4-7-11(9-10)6-2-3-8-12/h2,4-7,9H,3,8,12H2,1H3/b6-2+. The minimum absolute atomic E-state index is 0.725. The zero-order chi connectivity index (χ0) is 8.81. The Hall–Kier alpha value is -1.08. The van der Waals surface area contributed by atoms with Gasteiger partial charge in [-0.3, -0.25) is 0 Å². The Labute approximate surface area is 73.9 Å². The van der Waals surface area contributed by atoms with Gasteiger partial charge in [0.1, 0.15) is 0 Å². The van der Waals surface area contributed by atoms with Crippen molar-refractivity contribution in [3.63, 3.8) is 0 Å². The molecule has 0 aliphatic carbocycles. The van der Waals surface area contributed by atoms with Gasteiger partial charge in [0.2, 0.25) is 0 Å². The molecule has 0 radical (unpaired) electrons. The van der Waals surface area contributed by atoms with Crippen molar-refractivity contribution in [3.8, 4) is 0 Å². The molecule has 0 aliphatic rings. The van der Waals surface area contributed by atoms with Gasteiger partial charge in [-0.15, -0.1) is 0 Å². The van der Waals surface area contributed by atoms with E-state index in [1.54, 1.807) is 0 Å². The number of hydrogen-bond acceptors (Lipinski definition) is 1. The monoisotopic (exact) mass is 161 g/mol. The molecule has 0 atom stereocenters. The van der Waals surface area contributed by atoms with Crippen LogP contribution in [0.1, 0.15) is 17.5 Å². The van der Waals surface area contributed by atoms with Crippen LogP contribution in [-0.4, -0.2) is 6.54 Å². The summed E-state index contributed by atoms with van der Waals surface area (Å²) >= 11 is 0. The molecule has 1 aromatic rings. The maximum Gasteiger partial charge on any atom is -0.00425 e. The second-order valence-electron chi connectivity index (χ2n) is 2.89. The Morgan fingerprint density at radius 3 is 2.92 bits per heavy atom. The summed E-state index contributed by atoms with van der Waals surface area (Å²) < 4.78 is 0. The van der Waals surface area contributed by atoms with Crippen LogP contribution in [0, 0.1) is 6.92 Å². The van der Waals surface area contributed by atoms with Gasteiger partial charge in [-0.1, -0.05) is 42.0 Å². The Morgan fingerprint density at radius 2 is 2.25 bits per heavy atom. The summed E-state index contributed by atoms with van der Waals surface area (Å²) in [6.45, 7) is 2.82. The van der Waals surface area contributed by atoms with E-state index in [1.807, 2.05) is 0 Å². The normalized spacial score (nSPS) is 10.8. The molecule has 0 bridgehead atoms. The molecule has 0 fully saturated rings. The highest BCUT2D eigenvalue weighted by atomic mass is 14.5. The van der Waals surface area contributed by atoms with E-state index in [-0.39, 0.29) is 0 Å². The molecular formula is C11H15N. The van der Waals surface area contributed by atoms with Gasteiger partial charge in [-0.2, -0.15) is 0 Å². The largest absolute Gasteiger partial charge is 0.330 e. The highest BCUT2D eigenvalue weighted by Gasteiger charge is 1.85. The van der Waals surface area contributed by atoms with Gasteiger partial charge in [0.25, 0.3) is 0 Å². The Kier molecular flexibility index (Phi) is 3.55. The van der Waals surface area contributed by atoms with Gasteiger partial charge in [0.05, 0.1) is 0 Å². The van der Waals surface area contributed by atoms with Crippen LogP contribution in [-0.2, 0) is 0 Å². The third-order valence-electron chi connectivity index (χ3n) is 1.69. The molecule has 2 N–H and O–H groups in total. The lowest BCUT2D eigenvalue weighted by molar-refractivity contribution is 1.01. The number of hydrogen-bond donors (Lipinski definition) is 1. The summed E-state index contributed by atoms with van der Waals surface area (Å²) in [6.07, 6.45) is 5.17. The van der Waals surface area contributed by atoms with Crippen molar-refractivity contribution in [3.05, 3.63) is 41.5 Å². The average Bonchev–Trinajstić information content (AvgIpc) is 2.05. The fourth-order valence-corrected chi connectivity index (χ4v) is 1.09. The fourth-order valence-electron chi connectivity index (χ4n) is 1.09. The van der Waals surface area contributed by atoms with Gasteiger partial charge >= 0.3 is 0 Å². The molecule has 1 aromatic carbocycles. The maximum atomic E-state index is 5.37. The smallest absolute Gasteiger partial charge is 0.00425 e. The van der Waals surface area contributed by atoms with Crippen molar-refractivity contribution in [2.75, 3.05) is 6.54 Å². The molecule has 64 valence electrons. The quantitative estimate of drug-likeness (QED) is 0.723.